The maximum absolute atomic E-state index is 3.50. The van der Waals surface area contributed by atoms with Crippen LogP contribution in [0.5, 0.6) is 0 Å². The molecule has 0 amide bonds. The fourth-order valence-electron chi connectivity index (χ4n) is 3.47. The Morgan fingerprint density at radius 2 is 1.44 bits per heavy atom. The van der Waals surface area contributed by atoms with Crippen LogP contribution in [0.1, 0.15) is 31.9 Å². The molecular formula is C25H24BrN. The van der Waals surface area contributed by atoms with Crippen molar-refractivity contribution in [3.05, 3.63) is 94.6 Å². The third-order valence-corrected chi connectivity index (χ3v) is 5.65. The molecule has 0 saturated carbocycles. The quantitative estimate of drug-likeness (QED) is 0.326. The van der Waals surface area contributed by atoms with Gasteiger partial charge in [-0.15, -0.1) is 0 Å². The zero-order chi connectivity index (χ0) is 19.0. The molecule has 4 rings (SSSR count). The van der Waals surface area contributed by atoms with Crippen LogP contribution in [0, 0.1) is 0 Å². The van der Waals surface area contributed by atoms with Crippen LogP contribution in [-0.4, -0.2) is 4.57 Å². The second-order valence-electron chi connectivity index (χ2n) is 8.17. The van der Waals surface area contributed by atoms with Crippen molar-refractivity contribution < 1.29 is 0 Å². The van der Waals surface area contributed by atoms with Gasteiger partial charge in [0.15, 0.2) is 0 Å². The SMILES string of the molecule is CC(C)(C)c1ccc(-c2ccc3c(ccn3Cc3ccc(Br)cc3)c2)cc1. The Balaban J connectivity index is 1.63. The average Bonchev–Trinajstić information content (AvgIpc) is 3.05. The standard InChI is InChI=1S/C25H24BrN/c1-25(2,3)22-9-6-19(7-10-22)20-8-13-24-21(16-20)14-15-27(24)17-18-4-11-23(26)12-5-18/h4-16H,17H2,1-3H3. The molecule has 0 unspecified atom stereocenters. The minimum atomic E-state index is 0.187. The summed E-state index contributed by atoms with van der Waals surface area (Å²) < 4.78 is 3.43. The van der Waals surface area contributed by atoms with E-state index in [0.29, 0.717) is 0 Å². The number of aromatic nitrogens is 1. The summed E-state index contributed by atoms with van der Waals surface area (Å²) in [5.74, 6) is 0. The smallest absolute Gasteiger partial charge is 0.0483 e. The van der Waals surface area contributed by atoms with E-state index in [1.165, 1.54) is 33.2 Å². The molecular weight excluding hydrogens is 394 g/mol. The normalized spacial score (nSPS) is 11.9. The zero-order valence-electron chi connectivity index (χ0n) is 16.0. The highest BCUT2D eigenvalue weighted by Gasteiger charge is 2.13. The second kappa shape index (κ2) is 7.01. The molecule has 1 heterocycles. The highest BCUT2D eigenvalue weighted by Crippen LogP contribution is 2.29. The predicted molar refractivity (Wildman–Crippen MR) is 119 cm³/mol. The molecule has 0 spiro atoms. The van der Waals surface area contributed by atoms with Gasteiger partial charge in [0, 0.05) is 28.1 Å². The van der Waals surface area contributed by atoms with Gasteiger partial charge in [-0.25, -0.2) is 0 Å². The third kappa shape index (κ3) is 3.86. The highest BCUT2D eigenvalue weighted by molar-refractivity contribution is 9.10. The lowest BCUT2D eigenvalue weighted by Crippen LogP contribution is -2.10. The minimum Gasteiger partial charge on any atom is -0.343 e. The molecule has 4 aromatic rings. The van der Waals surface area contributed by atoms with Crippen LogP contribution in [0.25, 0.3) is 22.0 Å². The molecule has 0 atom stereocenters. The number of hydrogen-bond acceptors (Lipinski definition) is 0. The van der Waals surface area contributed by atoms with Crippen LogP contribution in [0.2, 0.25) is 0 Å². The van der Waals surface area contributed by atoms with E-state index in [9.17, 15) is 0 Å². The molecule has 3 aromatic carbocycles. The Morgan fingerprint density at radius 1 is 0.778 bits per heavy atom. The first-order valence-corrected chi connectivity index (χ1v) is 10.1. The Kier molecular flexibility index (Phi) is 4.69. The molecule has 0 aliphatic carbocycles. The molecule has 1 nitrogen and oxygen atoms in total. The van der Waals surface area contributed by atoms with Crippen molar-refractivity contribution in [1.29, 1.82) is 0 Å². The summed E-state index contributed by atoms with van der Waals surface area (Å²) in [5.41, 5.74) is 6.67. The van der Waals surface area contributed by atoms with Crippen LogP contribution in [0.15, 0.2) is 83.5 Å². The summed E-state index contributed by atoms with van der Waals surface area (Å²) >= 11 is 3.50. The van der Waals surface area contributed by atoms with Crippen molar-refractivity contribution in [2.24, 2.45) is 0 Å². The van der Waals surface area contributed by atoms with Crippen molar-refractivity contribution in [2.75, 3.05) is 0 Å². The van der Waals surface area contributed by atoms with Gasteiger partial charge in [0.2, 0.25) is 0 Å². The first-order valence-electron chi connectivity index (χ1n) is 9.34. The fraction of sp³-hybridized carbons (Fsp3) is 0.200. The van der Waals surface area contributed by atoms with Gasteiger partial charge >= 0.3 is 0 Å². The topological polar surface area (TPSA) is 4.93 Å². The molecule has 0 fully saturated rings. The number of hydrogen-bond donors (Lipinski definition) is 0. The van der Waals surface area contributed by atoms with Gasteiger partial charge in [-0.05, 0) is 58.0 Å². The van der Waals surface area contributed by atoms with Crippen molar-refractivity contribution in [2.45, 2.75) is 32.7 Å². The molecule has 136 valence electrons. The summed E-state index contributed by atoms with van der Waals surface area (Å²) in [5, 5.41) is 1.28. The van der Waals surface area contributed by atoms with E-state index in [0.717, 1.165) is 11.0 Å². The predicted octanol–water partition coefficient (Wildman–Crippen LogP) is 7.42. The second-order valence-corrected chi connectivity index (χ2v) is 9.09. The van der Waals surface area contributed by atoms with Gasteiger partial charge in [0.25, 0.3) is 0 Å². The summed E-state index contributed by atoms with van der Waals surface area (Å²) in [4.78, 5) is 0. The molecule has 0 bridgehead atoms. The van der Waals surface area contributed by atoms with Gasteiger partial charge in [0.1, 0.15) is 0 Å². The van der Waals surface area contributed by atoms with Crippen molar-refractivity contribution in [3.8, 4) is 11.1 Å². The first-order chi connectivity index (χ1) is 12.9. The Morgan fingerprint density at radius 3 is 2.11 bits per heavy atom. The summed E-state index contributed by atoms with van der Waals surface area (Å²) in [7, 11) is 0. The maximum Gasteiger partial charge on any atom is 0.0483 e. The number of benzene rings is 3. The summed E-state index contributed by atoms with van der Waals surface area (Å²) in [6.07, 6.45) is 2.18. The van der Waals surface area contributed by atoms with Crippen LogP contribution in [0.3, 0.4) is 0 Å². The Bertz CT molecular complexity index is 1060. The van der Waals surface area contributed by atoms with E-state index >= 15 is 0 Å². The summed E-state index contributed by atoms with van der Waals surface area (Å²) in [6.45, 7) is 7.64. The Labute approximate surface area is 169 Å². The number of rotatable bonds is 3. The molecule has 0 N–H and O–H groups in total. The van der Waals surface area contributed by atoms with Crippen LogP contribution >= 0.6 is 15.9 Å². The third-order valence-electron chi connectivity index (χ3n) is 5.12. The molecule has 1 aromatic heterocycles. The molecule has 0 radical (unpaired) electrons. The van der Waals surface area contributed by atoms with E-state index < -0.39 is 0 Å². The van der Waals surface area contributed by atoms with Crippen molar-refractivity contribution >= 4 is 26.8 Å². The van der Waals surface area contributed by atoms with Crippen LogP contribution in [0.4, 0.5) is 0 Å². The average molecular weight is 418 g/mol. The molecule has 0 aliphatic rings. The van der Waals surface area contributed by atoms with E-state index in [4.69, 9.17) is 0 Å². The van der Waals surface area contributed by atoms with E-state index in [2.05, 4.69) is 120 Å². The van der Waals surface area contributed by atoms with Gasteiger partial charge in [-0.1, -0.05) is 79.2 Å². The minimum absolute atomic E-state index is 0.187. The fourth-order valence-corrected chi connectivity index (χ4v) is 3.73. The molecule has 0 saturated heterocycles. The lowest BCUT2D eigenvalue weighted by atomic mass is 9.86. The van der Waals surface area contributed by atoms with Crippen molar-refractivity contribution in [1.82, 2.24) is 4.57 Å². The largest absolute Gasteiger partial charge is 0.343 e. The van der Waals surface area contributed by atoms with E-state index in [-0.39, 0.29) is 5.41 Å². The monoisotopic (exact) mass is 417 g/mol. The van der Waals surface area contributed by atoms with Crippen molar-refractivity contribution in [3.63, 3.8) is 0 Å². The molecule has 27 heavy (non-hydrogen) atoms. The van der Waals surface area contributed by atoms with Gasteiger partial charge in [-0.3, -0.25) is 0 Å². The molecule has 2 heteroatoms. The number of halogens is 1. The Hall–Kier alpha value is -2.32. The maximum atomic E-state index is 3.50. The molecule has 0 aliphatic heterocycles. The number of nitrogens with zero attached hydrogens (tertiary/aromatic N) is 1. The highest BCUT2D eigenvalue weighted by atomic mass is 79.9. The van der Waals surface area contributed by atoms with Gasteiger partial charge in [0.05, 0.1) is 0 Å². The summed E-state index contributed by atoms with van der Waals surface area (Å²) in [6, 6.07) is 26.5. The van der Waals surface area contributed by atoms with E-state index in [1.807, 2.05) is 0 Å². The lowest BCUT2D eigenvalue weighted by Gasteiger charge is -2.19. The van der Waals surface area contributed by atoms with Crippen LogP contribution in [-0.2, 0) is 12.0 Å². The number of fused-ring (bicyclic) bond motifs is 1. The van der Waals surface area contributed by atoms with E-state index in [1.54, 1.807) is 0 Å². The van der Waals surface area contributed by atoms with Crippen LogP contribution < -0.4 is 0 Å². The zero-order valence-corrected chi connectivity index (χ0v) is 17.6. The first kappa shape index (κ1) is 18.1. The lowest BCUT2D eigenvalue weighted by molar-refractivity contribution is 0.590. The van der Waals surface area contributed by atoms with Gasteiger partial charge < -0.3 is 4.57 Å². The van der Waals surface area contributed by atoms with Gasteiger partial charge in [-0.2, -0.15) is 0 Å².